The maximum atomic E-state index is 8.24. The summed E-state index contributed by atoms with van der Waals surface area (Å²) in [5.41, 5.74) is 9.49. The van der Waals surface area contributed by atoms with Gasteiger partial charge in [-0.1, -0.05) is 97.6 Å². The molecule has 0 bridgehead atoms. The fraction of sp³-hybridized carbons (Fsp3) is 0.0526. The summed E-state index contributed by atoms with van der Waals surface area (Å²) >= 11 is 0. The Balaban J connectivity index is 1.46. The predicted octanol–water partition coefficient (Wildman–Crippen LogP) is 9.59. The highest BCUT2D eigenvalue weighted by molar-refractivity contribution is 6.20. The molecular formula is C38H29N3. The van der Waals surface area contributed by atoms with E-state index in [-0.39, 0.29) is 6.04 Å². The average Bonchev–Trinajstić information content (AvgIpc) is 3.61. The van der Waals surface area contributed by atoms with Crippen LogP contribution in [-0.4, -0.2) is 23.0 Å². The lowest BCUT2D eigenvalue weighted by atomic mass is 9.98. The van der Waals surface area contributed by atoms with Crippen molar-refractivity contribution < 1.29 is 0 Å². The van der Waals surface area contributed by atoms with Gasteiger partial charge in [-0.15, -0.1) is 0 Å². The number of hydrogen-bond acceptors (Lipinski definition) is 2. The van der Waals surface area contributed by atoms with Crippen LogP contribution < -0.4 is 0 Å². The van der Waals surface area contributed by atoms with Crippen LogP contribution in [0.1, 0.15) is 12.5 Å². The molecule has 2 heterocycles. The lowest BCUT2D eigenvalue weighted by Gasteiger charge is -2.11. The fourth-order valence-electron chi connectivity index (χ4n) is 5.88. The van der Waals surface area contributed by atoms with Crippen LogP contribution in [0.3, 0.4) is 0 Å². The Morgan fingerprint density at radius 3 is 2.27 bits per heavy atom. The first-order valence-corrected chi connectivity index (χ1v) is 13.9. The van der Waals surface area contributed by atoms with Crippen molar-refractivity contribution in [1.29, 1.82) is 5.41 Å². The average molecular weight is 528 g/mol. The number of nitrogens with zero attached hydrogens (tertiary/aromatic N) is 2. The lowest BCUT2D eigenvalue weighted by Crippen LogP contribution is -1.95. The Bertz CT molecular complexity index is 2070. The highest BCUT2D eigenvalue weighted by Gasteiger charge is 2.17. The van der Waals surface area contributed by atoms with Crippen molar-refractivity contribution in [3.63, 3.8) is 0 Å². The molecule has 1 N–H and O–H groups in total. The van der Waals surface area contributed by atoms with Gasteiger partial charge in [-0.2, -0.15) is 0 Å². The molecular weight excluding hydrogens is 498 g/mol. The number of aromatic nitrogens is 1. The number of allylic oxidation sites excluding steroid dienone is 4. The molecule has 3 nitrogen and oxygen atoms in total. The minimum atomic E-state index is 0.162. The molecule has 1 unspecified atom stereocenters. The minimum absolute atomic E-state index is 0.162. The first-order chi connectivity index (χ1) is 20.1. The smallest absolute Gasteiger partial charge is 0.0661 e. The molecule has 0 spiro atoms. The zero-order valence-electron chi connectivity index (χ0n) is 22.9. The van der Waals surface area contributed by atoms with Gasteiger partial charge >= 0.3 is 0 Å². The van der Waals surface area contributed by atoms with Crippen LogP contribution in [0, 0.1) is 5.41 Å². The summed E-state index contributed by atoms with van der Waals surface area (Å²) in [7, 11) is 0. The van der Waals surface area contributed by atoms with Gasteiger partial charge in [-0.05, 0) is 76.1 Å². The molecule has 6 aromatic rings. The Morgan fingerprint density at radius 2 is 1.54 bits per heavy atom. The van der Waals surface area contributed by atoms with Gasteiger partial charge < -0.3 is 9.98 Å². The van der Waals surface area contributed by atoms with Crippen molar-refractivity contribution in [2.75, 3.05) is 0 Å². The second kappa shape index (κ2) is 10.0. The number of aliphatic imine (C=N–C) groups is 1. The zero-order valence-corrected chi connectivity index (χ0v) is 22.9. The summed E-state index contributed by atoms with van der Waals surface area (Å²) in [6.45, 7) is 6.32. The number of fused-ring (bicyclic) bond motifs is 5. The summed E-state index contributed by atoms with van der Waals surface area (Å²) in [5, 5.41) is 13.0. The Labute approximate surface area is 239 Å². The van der Waals surface area contributed by atoms with Crippen LogP contribution in [0.15, 0.2) is 144 Å². The Morgan fingerprint density at radius 1 is 0.805 bits per heavy atom. The van der Waals surface area contributed by atoms with E-state index in [4.69, 9.17) is 5.41 Å². The van der Waals surface area contributed by atoms with Gasteiger partial charge in [-0.25, -0.2) is 0 Å². The van der Waals surface area contributed by atoms with Crippen LogP contribution in [0.25, 0.3) is 55.0 Å². The van der Waals surface area contributed by atoms with Crippen molar-refractivity contribution in [3.8, 4) is 16.8 Å². The van der Waals surface area contributed by atoms with Crippen LogP contribution in [0.2, 0.25) is 0 Å². The van der Waals surface area contributed by atoms with E-state index in [1.54, 1.807) is 0 Å². The molecule has 0 radical (unpaired) electrons. The van der Waals surface area contributed by atoms with Gasteiger partial charge in [-0.3, -0.25) is 4.99 Å². The summed E-state index contributed by atoms with van der Waals surface area (Å²) in [6, 6.07) is 39.0. The fourth-order valence-corrected chi connectivity index (χ4v) is 5.88. The first-order valence-electron chi connectivity index (χ1n) is 13.9. The third-order valence-electron chi connectivity index (χ3n) is 7.92. The molecule has 3 heteroatoms. The van der Waals surface area contributed by atoms with Gasteiger partial charge in [0.1, 0.15) is 0 Å². The summed E-state index contributed by atoms with van der Waals surface area (Å²) in [5.74, 6) is 0. The number of para-hydroxylation sites is 1. The molecule has 41 heavy (non-hydrogen) atoms. The van der Waals surface area contributed by atoms with E-state index in [9.17, 15) is 0 Å². The first kappa shape index (κ1) is 24.7. The van der Waals surface area contributed by atoms with Gasteiger partial charge in [0.05, 0.1) is 17.1 Å². The number of hydrogen-bond donors (Lipinski definition) is 1. The van der Waals surface area contributed by atoms with E-state index in [1.165, 1.54) is 44.4 Å². The molecule has 0 aliphatic carbocycles. The van der Waals surface area contributed by atoms with Crippen molar-refractivity contribution in [2.24, 2.45) is 4.99 Å². The summed E-state index contributed by atoms with van der Waals surface area (Å²) in [4.78, 5) is 4.43. The second-order valence-corrected chi connectivity index (χ2v) is 10.6. The van der Waals surface area contributed by atoms with Gasteiger partial charge in [0, 0.05) is 34.3 Å². The standard InChI is InChI=1S/C38H29N3/c1-25(32-20-26(2)40-24-32)19-31(23-39)29-14-17-35-36-18-15-30-21-28(27-9-5-3-6-10-27)13-16-34(30)38(36)41(37(35)22-29)33-11-7-4-8-12-33/h3-24,26,39H,1H2,2H3/b31-19+,39-23?. The van der Waals surface area contributed by atoms with Crippen molar-refractivity contribution in [3.05, 3.63) is 145 Å². The maximum Gasteiger partial charge on any atom is 0.0661 e. The summed E-state index contributed by atoms with van der Waals surface area (Å²) < 4.78 is 2.36. The minimum Gasteiger partial charge on any atom is -0.309 e. The molecule has 5 aromatic carbocycles. The van der Waals surface area contributed by atoms with Crippen molar-refractivity contribution >= 4 is 50.6 Å². The van der Waals surface area contributed by atoms with E-state index >= 15 is 0 Å². The monoisotopic (exact) mass is 527 g/mol. The van der Waals surface area contributed by atoms with E-state index in [1.807, 2.05) is 12.3 Å². The third kappa shape index (κ3) is 4.32. The quantitative estimate of drug-likeness (QED) is 0.165. The largest absolute Gasteiger partial charge is 0.309 e. The normalized spacial score (nSPS) is 15.1. The van der Waals surface area contributed by atoms with Gasteiger partial charge in [0.15, 0.2) is 0 Å². The molecule has 1 atom stereocenters. The molecule has 0 saturated carbocycles. The van der Waals surface area contributed by atoms with E-state index < -0.39 is 0 Å². The predicted molar refractivity (Wildman–Crippen MR) is 176 cm³/mol. The van der Waals surface area contributed by atoms with Crippen molar-refractivity contribution in [1.82, 2.24) is 4.57 Å². The number of nitrogens with one attached hydrogen (secondary N) is 1. The molecule has 1 aromatic heterocycles. The lowest BCUT2D eigenvalue weighted by molar-refractivity contribution is 0.949. The van der Waals surface area contributed by atoms with Crippen LogP contribution in [0.4, 0.5) is 0 Å². The molecule has 1 aliphatic heterocycles. The Hall–Kier alpha value is -5.28. The zero-order chi connectivity index (χ0) is 27.9. The summed E-state index contributed by atoms with van der Waals surface area (Å²) in [6.07, 6.45) is 7.37. The number of benzene rings is 5. The van der Waals surface area contributed by atoms with E-state index in [0.29, 0.717) is 0 Å². The van der Waals surface area contributed by atoms with Crippen LogP contribution in [-0.2, 0) is 0 Å². The van der Waals surface area contributed by atoms with E-state index in [0.717, 1.165) is 33.5 Å². The SMILES string of the molecule is C=C(/C=C(\C=N)c1ccc2c3ccc4cc(-c5ccccc5)ccc4c3n(-c3ccccc3)c2c1)C1=CC(C)N=C1. The molecule has 196 valence electrons. The van der Waals surface area contributed by atoms with Gasteiger partial charge in [0.25, 0.3) is 0 Å². The molecule has 0 fully saturated rings. The van der Waals surface area contributed by atoms with E-state index in [2.05, 4.69) is 138 Å². The third-order valence-corrected chi connectivity index (χ3v) is 7.92. The van der Waals surface area contributed by atoms with Crippen LogP contribution >= 0.6 is 0 Å². The molecule has 0 amide bonds. The van der Waals surface area contributed by atoms with Gasteiger partial charge in [0.2, 0.25) is 0 Å². The topological polar surface area (TPSA) is 41.1 Å². The molecule has 7 rings (SSSR count). The highest BCUT2D eigenvalue weighted by Crippen LogP contribution is 2.39. The maximum absolute atomic E-state index is 8.24. The van der Waals surface area contributed by atoms with Crippen molar-refractivity contribution in [2.45, 2.75) is 13.0 Å². The Kier molecular flexibility index (Phi) is 6.06. The van der Waals surface area contributed by atoms with Crippen LogP contribution in [0.5, 0.6) is 0 Å². The molecule has 0 saturated heterocycles. The highest BCUT2D eigenvalue weighted by atomic mass is 15.0. The molecule has 1 aliphatic rings. The number of rotatable bonds is 6. The second-order valence-electron chi connectivity index (χ2n) is 10.6.